The first-order valence-electron chi connectivity index (χ1n) is 5.09. The Labute approximate surface area is 137 Å². The maximum Gasteiger partial charge on any atom is 0.187 e. The quantitative estimate of drug-likeness (QED) is 0.335. The summed E-state index contributed by atoms with van der Waals surface area (Å²) in [5, 5.41) is 2.64. The molecule has 6 heteroatoms. The van der Waals surface area contributed by atoms with Gasteiger partial charge in [-0.15, -0.1) is 11.3 Å². The fraction of sp³-hybridized carbons (Fsp3) is 0. The average Bonchev–Trinajstić information content (AvgIpc) is 2.79. The second kappa shape index (κ2) is 6.42. The van der Waals surface area contributed by atoms with Gasteiger partial charge < -0.3 is 0 Å². The summed E-state index contributed by atoms with van der Waals surface area (Å²) in [7, 11) is 0. The third-order valence-electron chi connectivity index (χ3n) is 2.29. The van der Waals surface area contributed by atoms with Crippen LogP contribution in [0.25, 0.3) is 6.08 Å². The molecule has 0 saturated heterocycles. The van der Waals surface area contributed by atoms with Crippen LogP contribution in [0, 0.1) is 0 Å². The molecule has 0 fully saturated rings. The molecule has 0 aliphatic heterocycles. The van der Waals surface area contributed by atoms with Crippen molar-refractivity contribution in [2.24, 2.45) is 0 Å². The molecule has 1 aromatic carbocycles. The molecule has 0 atom stereocenters. The van der Waals surface area contributed by atoms with E-state index in [9.17, 15) is 4.79 Å². The molecule has 2 aromatic rings. The number of ketones is 1. The SMILES string of the molecule is O=C(/C=C/c1cc(Br)cs1)c1ccc(Cl)c(Cl)c1Cl. The Morgan fingerprint density at radius 3 is 2.58 bits per heavy atom. The molecule has 0 amide bonds. The van der Waals surface area contributed by atoms with Crippen LogP contribution in [0.15, 0.2) is 34.1 Å². The summed E-state index contributed by atoms with van der Waals surface area (Å²) < 4.78 is 0.983. The van der Waals surface area contributed by atoms with Gasteiger partial charge in [-0.3, -0.25) is 4.79 Å². The van der Waals surface area contributed by atoms with Gasteiger partial charge in [0.25, 0.3) is 0 Å². The molecular weight excluding hydrogens is 390 g/mol. The van der Waals surface area contributed by atoms with Gasteiger partial charge in [0.2, 0.25) is 0 Å². The minimum absolute atomic E-state index is 0.177. The van der Waals surface area contributed by atoms with Crippen LogP contribution in [0.2, 0.25) is 15.1 Å². The molecule has 0 bridgehead atoms. The topological polar surface area (TPSA) is 17.1 Å². The Hall–Kier alpha value is -0.320. The number of carbonyl (C=O) groups is 1. The van der Waals surface area contributed by atoms with Gasteiger partial charge >= 0.3 is 0 Å². The van der Waals surface area contributed by atoms with E-state index in [2.05, 4.69) is 15.9 Å². The molecule has 0 saturated carbocycles. The van der Waals surface area contributed by atoms with Crippen molar-refractivity contribution in [3.05, 3.63) is 59.6 Å². The zero-order valence-electron chi connectivity index (χ0n) is 9.29. The number of carbonyl (C=O) groups excluding carboxylic acids is 1. The van der Waals surface area contributed by atoms with Crippen LogP contribution in [-0.2, 0) is 0 Å². The van der Waals surface area contributed by atoms with Gasteiger partial charge in [0.1, 0.15) is 0 Å². The number of halogens is 4. The highest BCUT2D eigenvalue weighted by molar-refractivity contribution is 9.10. The fourth-order valence-corrected chi connectivity index (χ4v) is 3.34. The Balaban J connectivity index is 2.26. The Morgan fingerprint density at radius 1 is 1.21 bits per heavy atom. The summed E-state index contributed by atoms with van der Waals surface area (Å²) in [4.78, 5) is 13.0. The van der Waals surface area contributed by atoms with Gasteiger partial charge in [0.05, 0.1) is 15.1 Å². The molecule has 0 N–H and O–H groups in total. The van der Waals surface area contributed by atoms with Crippen molar-refractivity contribution >= 4 is 73.9 Å². The van der Waals surface area contributed by atoms with Gasteiger partial charge in [0.15, 0.2) is 5.78 Å². The molecule has 19 heavy (non-hydrogen) atoms. The third-order valence-corrected chi connectivity index (χ3v) is 5.24. The standard InChI is InChI=1S/C13H6BrCl3OS/c14-7-5-8(19-6-7)1-4-11(18)9-2-3-10(15)13(17)12(9)16/h1-6H/b4-1+. The van der Waals surface area contributed by atoms with Crippen molar-refractivity contribution in [2.75, 3.05) is 0 Å². The second-order valence-electron chi connectivity index (χ2n) is 3.59. The Kier molecular flexibility index (Phi) is 5.09. The minimum Gasteiger partial charge on any atom is -0.289 e. The predicted octanol–water partition coefficient (Wildman–Crippen LogP) is 6.37. The van der Waals surface area contributed by atoms with E-state index in [1.165, 1.54) is 17.4 Å². The number of thiophene rings is 1. The molecule has 0 unspecified atom stereocenters. The van der Waals surface area contributed by atoms with Gasteiger partial charge in [-0.2, -0.15) is 0 Å². The van der Waals surface area contributed by atoms with E-state index in [0.29, 0.717) is 10.6 Å². The molecule has 98 valence electrons. The maximum absolute atomic E-state index is 12.0. The summed E-state index contributed by atoms with van der Waals surface area (Å²) in [5.74, 6) is -0.215. The zero-order valence-corrected chi connectivity index (χ0v) is 14.0. The first-order valence-corrected chi connectivity index (χ1v) is 7.89. The van der Waals surface area contributed by atoms with Gasteiger partial charge in [-0.25, -0.2) is 0 Å². The molecular formula is C13H6BrCl3OS. The molecule has 0 spiro atoms. The summed E-state index contributed by atoms with van der Waals surface area (Å²) in [6.45, 7) is 0. The van der Waals surface area contributed by atoms with E-state index in [-0.39, 0.29) is 15.8 Å². The lowest BCUT2D eigenvalue weighted by Gasteiger charge is -2.03. The van der Waals surface area contributed by atoms with Crippen molar-refractivity contribution < 1.29 is 4.79 Å². The third kappa shape index (κ3) is 3.61. The van der Waals surface area contributed by atoms with Crippen LogP contribution in [-0.4, -0.2) is 5.78 Å². The largest absolute Gasteiger partial charge is 0.289 e. The minimum atomic E-state index is -0.215. The van der Waals surface area contributed by atoms with Crippen LogP contribution in [0.4, 0.5) is 0 Å². The molecule has 2 rings (SSSR count). The Morgan fingerprint density at radius 2 is 1.95 bits per heavy atom. The summed E-state index contributed by atoms with van der Waals surface area (Å²) in [6.07, 6.45) is 3.19. The number of benzene rings is 1. The number of rotatable bonds is 3. The summed E-state index contributed by atoms with van der Waals surface area (Å²) in [6, 6.07) is 5.04. The number of hydrogen-bond donors (Lipinski definition) is 0. The van der Waals surface area contributed by atoms with Crippen molar-refractivity contribution in [3.8, 4) is 0 Å². The number of hydrogen-bond acceptors (Lipinski definition) is 2. The summed E-state index contributed by atoms with van der Waals surface area (Å²) >= 11 is 22.6. The van der Waals surface area contributed by atoms with Crippen molar-refractivity contribution in [1.29, 1.82) is 0 Å². The normalized spacial score (nSPS) is 11.2. The van der Waals surface area contributed by atoms with E-state index in [4.69, 9.17) is 34.8 Å². The molecule has 0 aliphatic carbocycles. The van der Waals surface area contributed by atoms with Crippen LogP contribution in [0.3, 0.4) is 0 Å². The second-order valence-corrected chi connectivity index (χ2v) is 6.61. The first kappa shape index (κ1) is 15.1. The highest BCUT2D eigenvalue weighted by atomic mass is 79.9. The van der Waals surface area contributed by atoms with E-state index < -0.39 is 0 Å². The van der Waals surface area contributed by atoms with E-state index >= 15 is 0 Å². The lowest BCUT2D eigenvalue weighted by Crippen LogP contribution is -1.95. The van der Waals surface area contributed by atoms with E-state index in [0.717, 1.165) is 9.35 Å². The van der Waals surface area contributed by atoms with Crippen molar-refractivity contribution in [3.63, 3.8) is 0 Å². The first-order chi connectivity index (χ1) is 8.99. The van der Waals surface area contributed by atoms with E-state index in [1.807, 2.05) is 11.4 Å². The Bertz CT molecular complexity index is 664. The van der Waals surface area contributed by atoms with Gasteiger partial charge in [0, 0.05) is 20.3 Å². The van der Waals surface area contributed by atoms with Crippen molar-refractivity contribution in [2.45, 2.75) is 0 Å². The molecule has 0 radical (unpaired) electrons. The monoisotopic (exact) mass is 394 g/mol. The lowest BCUT2D eigenvalue weighted by molar-refractivity contribution is 0.104. The van der Waals surface area contributed by atoms with Crippen LogP contribution < -0.4 is 0 Å². The highest BCUT2D eigenvalue weighted by Gasteiger charge is 2.13. The number of allylic oxidation sites excluding steroid dienone is 1. The molecule has 1 nitrogen and oxygen atoms in total. The molecule has 1 aromatic heterocycles. The highest BCUT2D eigenvalue weighted by Crippen LogP contribution is 2.33. The molecule has 1 heterocycles. The van der Waals surface area contributed by atoms with Gasteiger partial charge in [-0.05, 0) is 46.3 Å². The summed E-state index contributed by atoms with van der Waals surface area (Å²) in [5.41, 5.74) is 0.336. The maximum atomic E-state index is 12.0. The average molecular weight is 397 g/mol. The smallest absolute Gasteiger partial charge is 0.187 e. The molecule has 0 aliphatic rings. The predicted molar refractivity (Wildman–Crippen MR) is 86.9 cm³/mol. The van der Waals surface area contributed by atoms with Gasteiger partial charge in [-0.1, -0.05) is 34.8 Å². The van der Waals surface area contributed by atoms with E-state index in [1.54, 1.807) is 18.2 Å². The van der Waals surface area contributed by atoms with Crippen LogP contribution >= 0.6 is 62.1 Å². The zero-order chi connectivity index (χ0) is 14.0. The van der Waals surface area contributed by atoms with Crippen molar-refractivity contribution in [1.82, 2.24) is 0 Å². The van der Waals surface area contributed by atoms with Crippen LogP contribution in [0.1, 0.15) is 15.2 Å². The lowest BCUT2D eigenvalue weighted by atomic mass is 10.1. The fourth-order valence-electron chi connectivity index (χ4n) is 1.38. The van der Waals surface area contributed by atoms with Crippen LogP contribution in [0.5, 0.6) is 0 Å².